The standard InChI is InChI=1S/C15H24O/c1-7-15(6)13(11(4)5)8-12(10(2)3)9-14(15)16/h7,12-14,16H,1-2,4,8-9H2,3,5-6H3/t12-,13-,14-,15-/m0/s1. The van der Waals surface area contributed by atoms with E-state index in [1.165, 1.54) is 0 Å². The van der Waals surface area contributed by atoms with Crippen LogP contribution in [0.5, 0.6) is 0 Å². The lowest BCUT2D eigenvalue weighted by Crippen LogP contribution is -2.44. The van der Waals surface area contributed by atoms with E-state index in [0.29, 0.717) is 11.8 Å². The van der Waals surface area contributed by atoms with E-state index in [0.717, 1.165) is 24.0 Å². The van der Waals surface area contributed by atoms with E-state index in [1.807, 2.05) is 19.9 Å². The van der Waals surface area contributed by atoms with Gasteiger partial charge in [-0.05, 0) is 38.5 Å². The monoisotopic (exact) mass is 220 g/mol. The zero-order chi connectivity index (χ0) is 12.5. The number of allylic oxidation sites excluding steroid dienone is 2. The molecule has 0 bridgehead atoms. The van der Waals surface area contributed by atoms with Crippen molar-refractivity contribution in [3.63, 3.8) is 0 Å². The fourth-order valence-electron chi connectivity index (χ4n) is 2.80. The fraction of sp³-hybridized carbons (Fsp3) is 0.600. The maximum absolute atomic E-state index is 10.3. The van der Waals surface area contributed by atoms with Crippen LogP contribution in [0, 0.1) is 17.3 Å². The molecular formula is C15H24O. The molecule has 1 aliphatic rings. The summed E-state index contributed by atoms with van der Waals surface area (Å²) in [5.74, 6) is 0.708. The number of aliphatic hydroxyl groups excluding tert-OH is 1. The Bertz CT molecular complexity index is 315. The molecule has 1 heteroatoms. The van der Waals surface area contributed by atoms with Crippen LogP contribution in [0.3, 0.4) is 0 Å². The van der Waals surface area contributed by atoms with Crippen LogP contribution in [0.2, 0.25) is 0 Å². The van der Waals surface area contributed by atoms with Crippen molar-refractivity contribution in [1.29, 1.82) is 0 Å². The van der Waals surface area contributed by atoms with Gasteiger partial charge in [0.25, 0.3) is 0 Å². The summed E-state index contributed by atoms with van der Waals surface area (Å²) in [5.41, 5.74) is 2.06. The fourth-order valence-corrected chi connectivity index (χ4v) is 2.80. The van der Waals surface area contributed by atoms with Crippen LogP contribution in [-0.2, 0) is 0 Å². The Morgan fingerprint density at radius 2 is 1.81 bits per heavy atom. The molecule has 16 heavy (non-hydrogen) atoms. The van der Waals surface area contributed by atoms with Crippen molar-refractivity contribution in [3.05, 3.63) is 37.0 Å². The van der Waals surface area contributed by atoms with Crippen molar-refractivity contribution in [1.82, 2.24) is 0 Å². The van der Waals surface area contributed by atoms with E-state index in [2.05, 4.69) is 26.7 Å². The SMILES string of the molecule is C=C[C@]1(C)[C@@H](O)C[C@@H](C(=C)C)C[C@H]1C(=C)C. The molecule has 0 aromatic rings. The summed E-state index contributed by atoms with van der Waals surface area (Å²) in [6, 6.07) is 0. The minimum Gasteiger partial charge on any atom is -0.392 e. The average molecular weight is 220 g/mol. The predicted molar refractivity (Wildman–Crippen MR) is 70.2 cm³/mol. The molecule has 0 aliphatic heterocycles. The normalized spacial score (nSPS) is 39.1. The molecule has 90 valence electrons. The quantitative estimate of drug-likeness (QED) is 0.719. The maximum atomic E-state index is 10.3. The van der Waals surface area contributed by atoms with E-state index in [-0.39, 0.29) is 11.5 Å². The summed E-state index contributed by atoms with van der Waals surface area (Å²) >= 11 is 0. The van der Waals surface area contributed by atoms with Crippen molar-refractivity contribution in [2.24, 2.45) is 17.3 Å². The molecule has 0 heterocycles. The first-order valence-corrected chi connectivity index (χ1v) is 5.95. The third-order valence-corrected chi connectivity index (χ3v) is 4.23. The summed E-state index contributed by atoms with van der Waals surface area (Å²) < 4.78 is 0. The van der Waals surface area contributed by atoms with Gasteiger partial charge in [-0.15, -0.1) is 6.58 Å². The molecule has 0 spiro atoms. The molecule has 1 aliphatic carbocycles. The molecule has 4 atom stereocenters. The van der Waals surface area contributed by atoms with Crippen molar-refractivity contribution in [2.45, 2.75) is 39.7 Å². The third-order valence-electron chi connectivity index (χ3n) is 4.23. The highest BCUT2D eigenvalue weighted by molar-refractivity contribution is 5.17. The van der Waals surface area contributed by atoms with Gasteiger partial charge in [-0.2, -0.15) is 0 Å². The molecule has 0 radical (unpaired) electrons. The van der Waals surface area contributed by atoms with Gasteiger partial charge in [0.2, 0.25) is 0 Å². The smallest absolute Gasteiger partial charge is 0.0639 e. The van der Waals surface area contributed by atoms with Crippen LogP contribution < -0.4 is 0 Å². The van der Waals surface area contributed by atoms with Crippen LogP contribution in [0.1, 0.15) is 33.6 Å². The first-order valence-electron chi connectivity index (χ1n) is 5.95. The number of rotatable bonds is 3. The van der Waals surface area contributed by atoms with Crippen LogP contribution in [0.15, 0.2) is 37.0 Å². The van der Waals surface area contributed by atoms with Gasteiger partial charge >= 0.3 is 0 Å². The summed E-state index contributed by atoms with van der Waals surface area (Å²) in [7, 11) is 0. The molecule has 0 aromatic heterocycles. The van der Waals surface area contributed by atoms with E-state index in [4.69, 9.17) is 0 Å². The number of hydrogen-bond donors (Lipinski definition) is 1. The first kappa shape index (κ1) is 13.2. The zero-order valence-corrected chi connectivity index (χ0v) is 10.8. The molecule has 1 rings (SSSR count). The van der Waals surface area contributed by atoms with Gasteiger partial charge in [0, 0.05) is 5.41 Å². The minimum atomic E-state index is -0.345. The maximum Gasteiger partial charge on any atom is 0.0639 e. The van der Waals surface area contributed by atoms with Crippen molar-refractivity contribution in [3.8, 4) is 0 Å². The topological polar surface area (TPSA) is 20.2 Å². The van der Waals surface area contributed by atoms with Crippen LogP contribution >= 0.6 is 0 Å². The van der Waals surface area contributed by atoms with Crippen molar-refractivity contribution >= 4 is 0 Å². The van der Waals surface area contributed by atoms with Crippen molar-refractivity contribution in [2.75, 3.05) is 0 Å². The van der Waals surface area contributed by atoms with E-state index < -0.39 is 0 Å². The van der Waals surface area contributed by atoms with E-state index >= 15 is 0 Å². The van der Waals surface area contributed by atoms with Crippen LogP contribution in [0.4, 0.5) is 0 Å². The Morgan fingerprint density at radius 3 is 2.19 bits per heavy atom. The number of hydrogen-bond acceptors (Lipinski definition) is 1. The molecule has 0 aromatic carbocycles. The molecule has 0 saturated heterocycles. The summed E-state index contributed by atoms with van der Waals surface area (Å²) in [5, 5.41) is 10.3. The highest BCUT2D eigenvalue weighted by Gasteiger charge is 2.44. The molecule has 1 fully saturated rings. The third kappa shape index (κ3) is 2.15. The first-order chi connectivity index (χ1) is 7.32. The van der Waals surface area contributed by atoms with Gasteiger partial charge in [0.1, 0.15) is 0 Å². The molecular weight excluding hydrogens is 196 g/mol. The molecule has 1 N–H and O–H groups in total. The molecule has 0 amide bonds. The molecule has 0 unspecified atom stereocenters. The van der Waals surface area contributed by atoms with Crippen LogP contribution in [-0.4, -0.2) is 11.2 Å². The Kier molecular flexibility index (Phi) is 3.80. The van der Waals surface area contributed by atoms with Crippen LogP contribution in [0.25, 0.3) is 0 Å². The molecule has 1 nitrogen and oxygen atoms in total. The summed E-state index contributed by atoms with van der Waals surface area (Å²) in [6.45, 7) is 18.1. The van der Waals surface area contributed by atoms with E-state index in [1.54, 1.807) is 0 Å². The highest BCUT2D eigenvalue weighted by atomic mass is 16.3. The second kappa shape index (κ2) is 4.58. The van der Waals surface area contributed by atoms with Gasteiger partial charge in [-0.25, -0.2) is 0 Å². The summed E-state index contributed by atoms with van der Waals surface area (Å²) in [6.07, 6.45) is 3.37. The largest absolute Gasteiger partial charge is 0.392 e. The lowest BCUT2D eigenvalue weighted by Gasteiger charge is -2.47. The lowest BCUT2D eigenvalue weighted by molar-refractivity contribution is -0.0128. The van der Waals surface area contributed by atoms with Gasteiger partial charge in [-0.1, -0.05) is 37.3 Å². The Morgan fingerprint density at radius 1 is 1.25 bits per heavy atom. The van der Waals surface area contributed by atoms with Gasteiger partial charge in [-0.3, -0.25) is 0 Å². The van der Waals surface area contributed by atoms with Crippen molar-refractivity contribution < 1.29 is 5.11 Å². The Hall–Kier alpha value is -0.820. The van der Waals surface area contributed by atoms with Gasteiger partial charge in [0.05, 0.1) is 6.10 Å². The predicted octanol–water partition coefficient (Wildman–Crippen LogP) is 3.72. The average Bonchev–Trinajstić information content (AvgIpc) is 2.20. The second-order valence-electron chi connectivity index (χ2n) is 5.50. The number of aliphatic hydroxyl groups is 1. The Balaban J connectivity index is 3.03. The van der Waals surface area contributed by atoms with Gasteiger partial charge < -0.3 is 5.11 Å². The minimum absolute atomic E-state index is 0.238. The van der Waals surface area contributed by atoms with E-state index in [9.17, 15) is 5.11 Å². The lowest BCUT2D eigenvalue weighted by atomic mass is 9.60. The Labute approximate surface area is 99.6 Å². The zero-order valence-electron chi connectivity index (χ0n) is 10.8. The van der Waals surface area contributed by atoms with Gasteiger partial charge in [0.15, 0.2) is 0 Å². The summed E-state index contributed by atoms with van der Waals surface area (Å²) in [4.78, 5) is 0. The molecule has 1 saturated carbocycles. The second-order valence-corrected chi connectivity index (χ2v) is 5.50. The highest BCUT2D eigenvalue weighted by Crippen LogP contribution is 2.48.